The number of nitrogens with one attached hydrogen (secondary N) is 1. The van der Waals surface area contributed by atoms with E-state index in [1.165, 1.54) is 5.56 Å². The molecule has 1 aromatic carbocycles. The lowest BCUT2D eigenvalue weighted by atomic mass is 10.0. The fraction of sp³-hybridized carbons (Fsp3) is 0.250. The second kappa shape index (κ2) is 4.37. The van der Waals surface area contributed by atoms with Crippen LogP contribution >= 0.6 is 0 Å². The van der Waals surface area contributed by atoms with Crippen molar-refractivity contribution in [3.05, 3.63) is 35.5 Å². The van der Waals surface area contributed by atoms with Crippen LogP contribution in [-0.4, -0.2) is 17.3 Å². The van der Waals surface area contributed by atoms with Gasteiger partial charge in [0.2, 0.25) is 0 Å². The van der Waals surface area contributed by atoms with E-state index in [2.05, 4.69) is 29.3 Å². The molecule has 0 aliphatic rings. The van der Waals surface area contributed by atoms with Gasteiger partial charge in [-0.15, -0.1) is 0 Å². The van der Waals surface area contributed by atoms with E-state index in [9.17, 15) is 0 Å². The first-order valence-electron chi connectivity index (χ1n) is 5.11. The molecule has 0 fully saturated rings. The number of hydrogen-bond donors (Lipinski definition) is 2. The molecule has 0 aliphatic carbocycles. The summed E-state index contributed by atoms with van der Waals surface area (Å²) < 4.78 is 5.09. The summed E-state index contributed by atoms with van der Waals surface area (Å²) in [5.74, 6) is 0.580. The van der Waals surface area contributed by atoms with E-state index in [1.807, 2.05) is 12.1 Å². The first-order chi connectivity index (χ1) is 7.72. The number of benzene rings is 1. The molecule has 0 amide bonds. The summed E-state index contributed by atoms with van der Waals surface area (Å²) in [4.78, 5) is 0. The highest BCUT2D eigenvalue weighted by Crippen LogP contribution is 2.28. The summed E-state index contributed by atoms with van der Waals surface area (Å²) in [5, 5.41) is 6.91. The Hall–Kier alpha value is -1.81. The number of aromatic nitrogens is 2. The predicted molar refractivity (Wildman–Crippen MR) is 63.9 cm³/mol. The second-order valence-electron chi connectivity index (χ2n) is 3.76. The van der Waals surface area contributed by atoms with Gasteiger partial charge in [-0.25, -0.2) is 0 Å². The van der Waals surface area contributed by atoms with Crippen LogP contribution in [0, 0.1) is 6.92 Å². The number of nitrogen functional groups attached to an aromatic ring is 1. The number of aromatic amines is 1. The maximum absolute atomic E-state index is 5.87. The van der Waals surface area contributed by atoms with Crippen LogP contribution in [0.3, 0.4) is 0 Å². The molecule has 16 heavy (non-hydrogen) atoms. The molecule has 2 rings (SSSR count). The third-order valence-electron chi connectivity index (χ3n) is 2.49. The SMILES string of the molecule is COCc1n[nH]c(N)c1-c1ccc(C)cc1. The van der Waals surface area contributed by atoms with Gasteiger partial charge in [0.1, 0.15) is 5.82 Å². The third-order valence-corrected chi connectivity index (χ3v) is 2.49. The molecule has 0 bridgehead atoms. The van der Waals surface area contributed by atoms with Crippen molar-refractivity contribution >= 4 is 5.82 Å². The molecule has 3 N–H and O–H groups in total. The average Bonchev–Trinajstić information content (AvgIpc) is 2.62. The Bertz CT molecular complexity index is 474. The number of H-pyrrole nitrogens is 1. The lowest BCUT2D eigenvalue weighted by molar-refractivity contribution is 0.182. The summed E-state index contributed by atoms with van der Waals surface area (Å²) >= 11 is 0. The Morgan fingerprint density at radius 2 is 2.00 bits per heavy atom. The van der Waals surface area contributed by atoms with Crippen molar-refractivity contribution in [3.63, 3.8) is 0 Å². The number of anilines is 1. The summed E-state index contributed by atoms with van der Waals surface area (Å²) in [7, 11) is 1.64. The Morgan fingerprint density at radius 3 is 2.62 bits per heavy atom. The topological polar surface area (TPSA) is 63.9 Å². The maximum atomic E-state index is 5.87. The number of ether oxygens (including phenoxy) is 1. The van der Waals surface area contributed by atoms with Crippen LogP contribution in [0.4, 0.5) is 5.82 Å². The van der Waals surface area contributed by atoms with Crippen molar-refractivity contribution in [2.75, 3.05) is 12.8 Å². The zero-order valence-corrected chi connectivity index (χ0v) is 9.45. The van der Waals surface area contributed by atoms with Gasteiger partial charge < -0.3 is 10.5 Å². The number of hydrogen-bond acceptors (Lipinski definition) is 3. The average molecular weight is 217 g/mol. The van der Waals surface area contributed by atoms with Crippen LogP contribution in [0.25, 0.3) is 11.1 Å². The molecule has 4 heteroatoms. The fourth-order valence-corrected chi connectivity index (χ4v) is 1.68. The summed E-state index contributed by atoms with van der Waals surface area (Å²) in [5.41, 5.74) is 9.92. The first kappa shape index (κ1) is 10.7. The van der Waals surface area contributed by atoms with Gasteiger partial charge in [-0.05, 0) is 12.5 Å². The van der Waals surface area contributed by atoms with Gasteiger partial charge in [-0.2, -0.15) is 5.10 Å². The second-order valence-corrected chi connectivity index (χ2v) is 3.76. The van der Waals surface area contributed by atoms with Gasteiger partial charge in [-0.1, -0.05) is 29.8 Å². The molecular weight excluding hydrogens is 202 g/mol. The highest BCUT2D eigenvalue weighted by Gasteiger charge is 2.12. The molecular formula is C12H15N3O. The fourth-order valence-electron chi connectivity index (χ4n) is 1.68. The number of rotatable bonds is 3. The monoisotopic (exact) mass is 217 g/mol. The highest BCUT2D eigenvalue weighted by molar-refractivity contribution is 5.76. The number of nitrogens with two attached hydrogens (primary N) is 1. The molecule has 0 saturated heterocycles. The van der Waals surface area contributed by atoms with Gasteiger partial charge >= 0.3 is 0 Å². The number of nitrogens with zero attached hydrogens (tertiary/aromatic N) is 1. The van der Waals surface area contributed by atoms with Crippen LogP contribution in [0.15, 0.2) is 24.3 Å². The van der Waals surface area contributed by atoms with E-state index in [4.69, 9.17) is 10.5 Å². The zero-order valence-electron chi connectivity index (χ0n) is 9.45. The van der Waals surface area contributed by atoms with Crippen LogP contribution in [0.5, 0.6) is 0 Å². The van der Waals surface area contributed by atoms with Gasteiger partial charge in [-0.3, -0.25) is 5.10 Å². The third kappa shape index (κ3) is 1.92. The minimum Gasteiger partial charge on any atom is -0.384 e. The maximum Gasteiger partial charge on any atom is 0.127 e. The Morgan fingerprint density at radius 1 is 1.31 bits per heavy atom. The molecule has 0 saturated carbocycles. The molecule has 4 nitrogen and oxygen atoms in total. The minimum atomic E-state index is 0.455. The van der Waals surface area contributed by atoms with Crippen molar-refractivity contribution < 1.29 is 4.74 Å². The lowest BCUT2D eigenvalue weighted by Gasteiger charge is -2.03. The number of methoxy groups -OCH3 is 1. The van der Waals surface area contributed by atoms with Gasteiger partial charge in [0.25, 0.3) is 0 Å². The highest BCUT2D eigenvalue weighted by atomic mass is 16.5. The molecule has 0 atom stereocenters. The Kier molecular flexibility index (Phi) is 2.92. The van der Waals surface area contributed by atoms with Crippen molar-refractivity contribution in [2.24, 2.45) is 0 Å². The molecule has 0 radical (unpaired) electrons. The van der Waals surface area contributed by atoms with E-state index in [0.717, 1.165) is 16.8 Å². The van der Waals surface area contributed by atoms with Crippen molar-refractivity contribution in [3.8, 4) is 11.1 Å². The van der Waals surface area contributed by atoms with Crippen LogP contribution < -0.4 is 5.73 Å². The van der Waals surface area contributed by atoms with E-state index in [1.54, 1.807) is 7.11 Å². The Labute approximate surface area is 94.4 Å². The molecule has 1 heterocycles. The van der Waals surface area contributed by atoms with E-state index < -0.39 is 0 Å². The van der Waals surface area contributed by atoms with Crippen LogP contribution in [-0.2, 0) is 11.3 Å². The molecule has 84 valence electrons. The molecule has 2 aromatic rings. The number of aryl methyl sites for hydroxylation is 1. The normalized spacial score (nSPS) is 10.6. The minimum absolute atomic E-state index is 0.455. The molecule has 0 unspecified atom stereocenters. The standard InChI is InChI=1S/C12H15N3O/c1-8-3-5-9(6-4-8)11-10(7-16-2)14-15-12(11)13/h3-6H,7H2,1-2H3,(H3,13,14,15). The first-order valence-corrected chi connectivity index (χ1v) is 5.11. The van der Waals surface area contributed by atoms with Gasteiger partial charge in [0.15, 0.2) is 0 Å². The van der Waals surface area contributed by atoms with Crippen molar-refractivity contribution in [1.29, 1.82) is 0 Å². The van der Waals surface area contributed by atoms with Gasteiger partial charge in [0.05, 0.1) is 12.3 Å². The van der Waals surface area contributed by atoms with E-state index >= 15 is 0 Å². The quantitative estimate of drug-likeness (QED) is 0.827. The molecule has 1 aromatic heterocycles. The smallest absolute Gasteiger partial charge is 0.127 e. The van der Waals surface area contributed by atoms with Crippen LogP contribution in [0.1, 0.15) is 11.3 Å². The van der Waals surface area contributed by atoms with Crippen molar-refractivity contribution in [2.45, 2.75) is 13.5 Å². The summed E-state index contributed by atoms with van der Waals surface area (Å²) in [6.07, 6.45) is 0. The van der Waals surface area contributed by atoms with Gasteiger partial charge in [0, 0.05) is 12.7 Å². The Balaban J connectivity index is 2.45. The zero-order chi connectivity index (χ0) is 11.5. The van der Waals surface area contributed by atoms with Crippen LogP contribution in [0.2, 0.25) is 0 Å². The lowest BCUT2D eigenvalue weighted by Crippen LogP contribution is -1.92. The van der Waals surface area contributed by atoms with E-state index in [-0.39, 0.29) is 0 Å². The molecule has 0 spiro atoms. The summed E-state index contributed by atoms with van der Waals surface area (Å²) in [6.45, 7) is 2.51. The molecule has 0 aliphatic heterocycles. The largest absolute Gasteiger partial charge is 0.384 e. The summed E-state index contributed by atoms with van der Waals surface area (Å²) in [6, 6.07) is 8.18. The van der Waals surface area contributed by atoms with E-state index in [0.29, 0.717) is 12.4 Å². The predicted octanol–water partition coefficient (Wildman–Crippen LogP) is 2.11. The van der Waals surface area contributed by atoms with Crippen molar-refractivity contribution in [1.82, 2.24) is 10.2 Å².